The number of nitrogens with zero attached hydrogens (tertiary/aromatic N) is 1. The second kappa shape index (κ2) is 4.03. The molecule has 3 nitrogen and oxygen atoms in total. The molecule has 0 radical (unpaired) electrons. The van der Waals surface area contributed by atoms with Gasteiger partial charge >= 0.3 is 0 Å². The van der Waals surface area contributed by atoms with Gasteiger partial charge in [0.2, 0.25) is 0 Å². The zero-order valence-electron chi connectivity index (χ0n) is 8.13. The standard InChI is InChI=1S/C10H13NO2/c1-4-8-5-9(7(2)12)10(13-3)6-11-8/h5-6H,4H2,1-3H3. The molecule has 0 aliphatic rings. The number of hydrogen-bond donors (Lipinski definition) is 0. The van der Waals surface area contributed by atoms with Crippen molar-refractivity contribution in [2.24, 2.45) is 0 Å². The second-order valence-electron chi connectivity index (χ2n) is 2.79. The smallest absolute Gasteiger partial charge is 0.163 e. The number of rotatable bonds is 3. The summed E-state index contributed by atoms with van der Waals surface area (Å²) < 4.78 is 5.02. The number of carbonyl (C=O) groups is 1. The van der Waals surface area contributed by atoms with E-state index in [9.17, 15) is 4.79 Å². The van der Waals surface area contributed by atoms with Gasteiger partial charge in [0.25, 0.3) is 0 Å². The first-order valence-corrected chi connectivity index (χ1v) is 4.22. The van der Waals surface area contributed by atoms with E-state index in [0.29, 0.717) is 11.3 Å². The lowest BCUT2D eigenvalue weighted by molar-refractivity contribution is 0.101. The highest BCUT2D eigenvalue weighted by Crippen LogP contribution is 2.18. The minimum atomic E-state index is 0.00829. The summed E-state index contributed by atoms with van der Waals surface area (Å²) >= 11 is 0. The number of Topliss-reactive ketones (excluding diaryl/α,β-unsaturated/α-hetero) is 1. The van der Waals surface area contributed by atoms with Crippen molar-refractivity contribution in [3.8, 4) is 5.75 Å². The highest BCUT2D eigenvalue weighted by molar-refractivity contribution is 5.96. The van der Waals surface area contributed by atoms with E-state index < -0.39 is 0 Å². The average Bonchev–Trinajstić information content (AvgIpc) is 2.16. The lowest BCUT2D eigenvalue weighted by Crippen LogP contribution is -2.00. The molecule has 1 aromatic heterocycles. The van der Waals surface area contributed by atoms with Gasteiger partial charge in [0.15, 0.2) is 5.78 Å². The van der Waals surface area contributed by atoms with E-state index in [1.54, 1.807) is 12.3 Å². The van der Waals surface area contributed by atoms with Crippen LogP contribution in [-0.2, 0) is 6.42 Å². The van der Waals surface area contributed by atoms with Crippen LogP contribution in [-0.4, -0.2) is 17.9 Å². The molecule has 0 bridgehead atoms. The molecule has 13 heavy (non-hydrogen) atoms. The fourth-order valence-electron chi connectivity index (χ4n) is 1.12. The number of hydrogen-bond acceptors (Lipinski definition) is 3. The summed E-state index contributed by atoms with van der Waals surface area (Å²) in [5.41, 5.74) is 1.51. The van der Waals surface area contributed by atoms with E-state index >= 15 is 0 Å². The SMILES string of the molecule is CCc1cc(C(C)=O)c(OC)cn1. The maximum atomic E-state index is 11.2. The first-order valence-electron chi connectivity index (χ1n) is 4.22. The molecule has 0 amide bonds. The van der Waals surface area contributed by atoms with E-state index in [4.69, 9.17) is 4.74 Å². The van der Waals surface area contributed by atoms with Gasteiger partial charge < -0.3 is 4.74 Å². The Kier molecular flexibility index (Phi) is 3.01. The fraction of sp³-hybridized carbons (Fsp3) is 0.400. The zero-order valence-corrected chi connectivity index (χ0v) is 8.13. The Bertz CT molecular complexity index is 321. The van der Waals surface area contributed by atoms with E-state index in [2.05, 4.69) is 4.98 Å². The minimum Gasteiger partial charge on any atom is -0.494 e. The summed E-state index contributed by atoms with van der Waals surface area (Å²) in [6.07, 6.45) is 2.42. The molecule has 70 valence electrons. The van der Waals surface area contributed by atoms with Gasteiger partial charge in [0, 0.05) is 5.69 Å². The number of ether oxygens (including phenoxy) is 1. The highest BCUT2D eigenvalue weighted by atomic mass is 16.5. The number of methoxy groups -OCH3 is 1. The maximum Gasteiger partial charge on any atom is 0.163 e. The number of carbonyl (C=O) groups excluding carboxylic acids is 1. The molecule has 0 fully saturated rings. The van der Waals surface area contributed by atoms with Crippen LogP contribution in [0, 0.1) is 0 Å². The lowest BCUT2D eigenvalue weighted by Gasteiger charge is -2.05. The van der Waals surface area contributed by atoms with Crippen LogP contribution >= 0.6 is 0 Å². The van der Waals surface area contributed by atoms with Crippen LogP contribution in [0.1, 0.15) is 29.9 Å². The van der Waals surface area contributed by atoms with E-state index in [1.165, 1.54) is 14.0 Å². The Morgan fingerprint density at radius 1 is 1.62 bits per heavy atom. The Balaban J connectivity index is 3.18. The van der Waals surface area contributed by atoms with Crippen LogP contribution in [0.3, 0.4) is 0 Å². The Morgan fingerprint density at radius 2 is 2.31 bits per heavy atom. The van der Waals surface area contributed by atoms with E-state index in [1.807, 2.05) is 6.92 Å². The molecule has 0 aliphatic carbocycles. The van der Waals surface area contributed by atoms with Crippen molar-refractivity contribution >= 4 is 5.78 Å². The molecule has 0 aromatic carbocycles. The molecule has 0 aliphatic heterocycles. The molecule has 1 aromatic rings. The first kappa shape index (κ1) is 9.71. The largest absolute Gasteiger partial charge is 0.494 e. The third-order valence-electron chi connectivity index (χ3n) is 1.89. The summed E-state index contributed by atoms with van der Waals surface area (Å²) in [5, 5.41) is 0. The molecule has 0 atom stereocenters. The molecular formula is C10H13NO2. The number of pyridine rings is 1. The van der Waals surface area contributed by atoms with Crippen LogP contribution in [0.25, 0.3) is 0 Å². The normalized spacial score (nSPS) is 9.77. The van der Waals surface area contributed by atoms with Crippen molar-refractivity contribution in [2.75, 3.05) is 7.11 Å². The highest BCUT2D eigenvalue weighted by Gasteiger charge is 2.08. The topological polar surface area (TPSA) is 39.2 Å². The predicted molar refractivity (Wildman–Crippen MR) is 50.2 cm³/mol. The van der Waals surface area contributed by atoms with Crippen molar-refractivity contribution in [3.05, 3.63) is 23.5 Å². The third-order valence-corrected chi connectivity index (χ3v) is 1.89. The molecule has 0 spiro atoms. The summed E-state index contributed by atoms with van der Waals surface area (Å²) in [7, 11) is 1.54. The molecule has 3 heteroatoms. The maximum absolute atomic E-state index is 11.2. The summed E-state index contributed by atoms with van der Waals surface area (Å²) in [5.74, 6) is 0.554. The van der Waals surface area contributed by atoms with Crippen LogP contribution in [0.15, 0.2) is 12.3 Å². The first-order chi connectivity index (χ1) is 6.19. The monoisotopic (exact) mass is 179 g/mol. The molecule has 0 N–H and O–H groups in total. The molecule has 0 saturated carbocycles. The number of aromatic nitrogens is 1. The molecule has 0 unspecified atom stereocenters. The van der Waals surface area contributed by atoms with Crippen molar-refractivity contribution in [1.29, 1.82) is 0 Å². The van der Waals surface area contributed by atoms with Crippen molar-refractivity contribution < 1.29 is 9.53 Å². The van der Waals surface area contributed by atoms with Gasteiger partial charge in [-0.15, -0.1) is 0 Å². The van der Waals surface area contributed by atoms with Crippen molar-refractivity contribution in [2.45, 2.75) is 20.3 Å². The van der Waals surface area contributed by atoms with Crippen LogP contribution in [0.4, 0.5) is 0 Å². The van der Waals surface area contributed by atoms with E-state index in [0.717, 1.165) is 12.1 Å². The molecule has 1 rings (SSSR count). The van der Waals surface area contributed by atoms with Crippen molar-refractivity contribution in [1.82, 2.24) is 4.98 Å². The average molecular weight is 179 g/mol. The van der Waals surface area contributed by atoms with Crippen LogP contribution < -0.4 is 4.74 Å². The predicted octanol–water partition coefficient (Wildman–Crippen LogP) is 1.86. The summed E-state index contributed by atoms with van der Waals surface area (Å²) in [6, 6.07) is 1.78. The van der Waals surface area contributed by atoms with E-state index in [-0.39, 0.29) is 5.78 Å². The van der Waals surface area contributed by atoms with Gasteiger partial charge in [-0.1, -0.05) is 6.92 Å². The Labute approximate surface area is 77.8 Å². The van der Waals surface area contributed by atoms with Gasteiger partial charge in [0.05, 0.1) is 18.9 Å². The Hall–Kier alpha value is -1.38. The minimum absolute atomic E-state index is 0.00829. The van der Waals surface area contributed by atoms with Gasteiger partial charge in [-0.25, -0.2) is 0 Å². The second-order valence-corrected chi connectivity index (χ2v) is 2.79. The van der Waals surface area contributed by atoms with Gasteiger partial charge in [-0.3, -0.25) is 9.78 Å². The number of aryl methyl sites for hydroxylation is 1. The van der Waals surface area contributed by atoms with Crippen molar-refractivity contribution in [3.63, 3.8) is 0 Å². The van der Waals surface area contributed by atoms with Gasteiger partial charge in [-0.05, 0) is 19.4 Å². The van der Waals surface area contributed by atoms with Crippen LogP contribution in [0.5, 0.6) is 5.75 Å². The summed E-state index contributed by atoms with van der Waals surface area (Å²) in [4.78, 5) is 15.3. The fourth-order valence-corrected chi connectivity index (χ4v) is 1.12. The Morgan fingerprint density at radius 3 is 2.77 bits per heavy atom. The quantitative estimate of drug-likeness (QED) is 0.665. The van der Waals surface area contributed by atoms with Gasteiger partial charge in [-0.2, -0.15) is 0 Å². The molecular weight excluding hydrogens is 166 g/mol. The summed E-state index contributed by atoms with van der Waals surface area (Å²) in [6.45, 7) is 3.52. The lowest BCUT2D eigenvalue weighted by atomic mass is 10.1. The molecule has 1 heterocycles. The third kappa shape index (κ3) is 2.05. The van der Waals surface area contributed by atoms with Crippen LogP contribution in [0.2, 0.25) is 0 Å². The zero-order chi connectivity index (χ0) is 9.84. The molecule has 0 saturated heterocycles. The number of ketones is 1. The van der Waals surface area contributed by atoms with Gasteiger partial charge in [0.1, 0.15) is 5.75 Å².